The average Bonchev–Trinajstić information content (AvgIpc) is 2.91. The van der Waals surface area contributed by atoms with Gasteiger partial charge in [0.05, 0.1) is 6.61 Å². The molecule has 0 bridgehead atoms. The van der Waals surface area contributed by atoms with Gasteiger partial charge in [0.2, 0.25) is 5.91 Å². The Kier molecular flexibility index (Phi) is 5.78. The Morgan fingerprint density at radius 1 is 1.36 bits per heavy atom. The van der Waals surface area contributed by atoms with E-state index in [2.05, 4.69) is 13.8 Å². The average molecular weight is 301 g/mol. The highest BCUT2D eigenvalue weighted by Gasteiger charge is 2.12. The molecule has 0 aliphatic carbocycles. The summed E-state index contributed by atoms with van der Waals surface area (Å²) < 4.78 is 10.7. The molecule has 0 spiro atoms. The maximum absolute atomic E-state index is 12.3. The number of para-hydroxylation sites is 1. The molecule has 4 heteroatoms. The first-order valence-corrected chi connectivity index (χ1v) is 7.54. The van der Waals surface area contributed by atoms with E-state index >= 15 is 0 Å². The maximum atomic E-state index is 12.3. The van der Waals surface area contributed by atoms with Crippen molar-refractivity contribution in [3.8, 4) is 0 Å². The Bertz CT molecular complexity index is 610. The van der Waals surface area contributed by atoms with Crippen LogP contribution >= 0.6 is 0 Å². The van der Waals surface area contributed by atoms with Crippen LogP contribution in [0.5, 0.6) is 0 Å². The van der Waals surface area contributed by atoms with E-state index in [-0.39, 0.29) is 5.91 Å². The summed E-state index contributed by atoms with van der Waals surface area (Å²) in [4.78, 5) is 14.1. The molecule has 0 fully saturated rings. The minimum Gasteiger partial charge on any atom is -0.457 e. The molecule has 1 heterocycles. The summed E-state index contributed by atoms with van der Waals surface area (Å²) in [7, 11) is 1.64. The van der Waals surface area contributed by atoms with Crippen molar-refractivity contribution in [1.82, 2.24) is 4.90 Å². The molecule has 22 heavy (non-hydrogen) atoms. The van der Waals surface area contributed by atoms with Gasteiger partial charge >= 0.3 is 0 Å². The second-order valence-electron chi connectivity index (χ2n) is 5.69. The SMILES string of the molecule is COCCN(CC(C)C)C(=O)/C=C/c1cc2ccccc2o1. The summed E-state index contributed by atoms with van der Waals surface area (Å²) in [6.07, 6.45) is 3.29. The van der Waals surface area contributed by atoms with E-state index in [0.29, 0.717) is 31.4 Å². The number of nitrogens with zero attached hydrogens (tertiary/aromatic N) is 1. The minimum atomic E-state index is -0.0220. The van der Waals surface area contributed by atoms with E-state index in [0.717, 1.165) is 11.0 Å². The Balaban J connectivity index is 2.06. The highest BCUT2D eigenvalue weighted by atomic mass is 16.5. The zero-order valence-corrected chi connectivity index (χ0v) is 13.4. The summed E-state index contributed by atoms with van der Waals surface area (Å²) >= 11 is 0. The van der Waals surface area contributed by atoms with E-state index in [1.807, 2.05) is 30.3 Å². The first-order valence-electron chi connectivity index (χ1n) is 7.54. The van der Waals surface area contributed by atoms with Gasteiger partial charge in [-0.2, -0.15) is 0 Å². The molecule has 2 rings (SSSR count). The van der Waals surface area contributed by atoms with Gasteiger partial charge in [0, 0.05) is 31.7 Å². The van der Waals surface area contributed by atoms with E-state index in [1.54, 1.807) is 24.2 Å². The zero-order valence-electron chi connectivity index (χ0n) is 13.4. The van der Waals surface area contributed by atoms with E-state index < -0.39 is 0 Å². The zero-order chi connectivity index (χ0) is 15.9. The molecule has 0 saturated heterocycles. The van der Waals surface area contributed by atoms with E-state index in [1.165, 1.54) is 0 Å². The van der Waals surface area contributed by atoms with Gasteiger partial charge in [-0.05, 0) is 24.1 Å². The molecule has 1 aromatic heterocycles. The number of carbonyl (C=O) groups excluding carboxylic acids is 1. The van der Waals surface area contributed by atoms with Crippen molar-refractivity contribution in [3.05, 3.63) is 42.2 Å². The smallest absolute Gasteiger partial charge is 0.246 e. The topological polar surface area (TPSA) is 42.7 Å². The number of methoxy groups -OCH3 is 1. The number of benzene rings is 1. The van der Waals surface area contributed by atoms with Gasteiger partial charge < -0.3 is 14.1 Å². The number of furan rings is 1. The third kappa shape index (κ3) is 4.46. The summed E-state index contributed by atoms with van der Waals surface area (Å²) in [5.74, 6) is 1.08. The van der Waals surface area contributed by atoms with Crippen LogP contribution in [0.15, 0.2) is 40.8 Å². The number of hydrogen-bond donors (Lipinski definition) is 0. The highest BCUT2D eigenvalue weighted by Crippen LogP contribution is 2.19. The van der Waals surface area contributed by atoms with Crippen molar-refractivity contribution in [2.75, 3.05) is 26.8 Å². The number of ether oxygens (including phenoxy) is 1. The van der Waals surface area contributed by atoms with Gasteiger partial charge in [-0.1, -0.05) is 32.0 Å². The van der Waals surface area contributed by atoms with Gasteiger partial charge in [0.25, 0.3) is 0 Å². The summed E-state index contributed by atoms with van der Waals surface area (Å²) in [6.45, 7) is 6.04. The quantitative estimate of drug-likeness (QED) is 0.734. The Labute approximate surface area is 131 Å². The monoisotopic (exact) mass is 301 g/mol. The molecule has 0 radical (unpaired) electrons. The fraction of sp³-hybridized carbons (Fsp3) is 0.389. The van der Waals surface area contributed by atoms with Gasteiger partial charge in [-0.15, -0.1) is 0 Å². The van der Waals surface area contributed by atoms with Gasteiger partial charge in [0.15, 0.2) is 0 Å². The van der Waals surface area contributed by atoms with E-state index in [9.17, 15) is 4.79 Å². The van der Waals surface area contributed by atoms with Crippen molar-refractivity contribution in [2.24, 2.45) is 5.92 Å². The summed E-state index contributed by atoms with van der Waals surface area (Å²) in [5, 5.41) is 1.04. The Morgan fingerprint density at radius 3 is 2.82 bits per heavy atom. The largest absolute Gasteiger partial charge is 0.457 e. The molecule has 0 saturated carbocycles. The van der Waals surface area contributed by atoms with Crippen molar-refractivity contribution in [3.63, 3.8) is 0 Å². The number of amides is 1. The lowest BCUT2D eigenvalue weighted by molar-refractivity contribution is -0.127. The van der Waals surface area contributed by atoms with Crippen molar-refractivity contribution >= 4 is 23.0 Å². The molecule has 118 valence electrons. The first kappa shape index (κ1) is 16.3. The normalized spacial score (nSPS) is 11.6. The maximum Gasteiger partial charge on any atom is 0.246 e. The lowest BCUT2D eigenvalue weighted by Gasteiger charge is -2.22. The van der Waals surface area contributed by atoms with Crippen LogP contribution in [-0.4, -0.2) is 37.6 Å². The molecule has 0 atom stereocenters. The van der Waals surface area contributed by atoms with Crippen molar-refractivity contribution < 1.29 is 13.9 Å². The first-order chi connectivity index (χ1) is 10.6. The predicted molar refractivity (Wildman–Crippen MR) is 88.5 cm³/mol. The molecule has 1 aromatic carbocycles. The van der Waals surface area contributed by atoms with Crippen LogP contribution in [0.1, 0.15) is 19.6 Å². The lowest BCUT2D eigenvalue weighted by Crippen LogP contribution is -2.35. The lowest BCUT2D eigenvalue weighted by atomic mass is 10.2. The molecule has 1 amide bonds. The predicted octanol–water partition coefficient (Wildman–Crippen LogP) is 3.58. The molecule has 0 unspecified atom stereocenters. The van der Waals surface area contributed by atoms with Crippen LogP contribution in [0.25, 0.3) is 17.0 Å². The van der Waals surface area contributed by atoms with Crippen molar-refractivity contribution in [2.45, 2.75) is 13.8 Å². The standard InChI is InChI=1S/C18H23NO3/c1-14(2)13-19(10-11-21-3)18(20)9-8-16-12-15-6-4-5-7-17(15)22-16/h4-9,12,14H,10-11,13H2,1-3H3/b9-8+. The number of fused-ring (bicyclic) bond motifs is 1. The molecule has 4 nitrogen and oxygen atoms in total. The molecule has 0 aliphatic heterocycles. The van der Waals surface area contributed by atoms with Crippen LogP contribution in [0.3, 0.4) is 0 Å². The second-order valence-corrected chi connectivity index (χ2v) is 5.69. The minimum absolute atomic E-state index is 0.0220. The fourth-order valence-corrected chi connectivity index (χ4v) is 2.28. The molecule has 0 N–H and O–H groups in total. The molecular weight excluding hydrogens is 278 g/mol. The summed E-state index contributed by atoms with van der Waals surface area (Å²) in [5.41, 5.74) is 0.827. The third-order valence-corrected chi connectivity index (χ3v) is 3.30. The van der Waals surface area contributed by atoms with Gasteiger partial charge in [0.1, 0.15) is 11.3 Å². The van der Waals surface area contributed by atoms with E-state index in [4.69, 9.17) is 9.15 Å². The van der Waals surface area contributed by atoms with Crippen molar-refractivity contribution in [1.29, 1.82) is 0 Å². The Hall–Kier alpha value is -2.07. The van der Waals surface area contributed by atoms with Crippen LogP contribution in [0, 0.1) is 5.92 Å². The van der Waals surface area contributed by atoms with Crippen LogP contribution in [-0.2, 0) is 9.53 Å². The fourth-order valence-electron chi connectivity index (χ4n) is 2.28. The second kappa shape index (κ2) is 7.80. The Morgan fingerprint density at radius 2 is 2.14 bits per heavy atom. The molecule has 0 aliphatic rings. The number of rotatable bonds is 7. The third-order valence-electron chi connectivity index (χ3n) is 3.30. The van der Waals surface area contributed by atoms with Crippen LogP contribution in [0.4, 0.5) is 0 Å². The van der Waals surface area contributed by atoms with Gasteiger partial charge in [-0.25, -0.2) is 0 Å². The highest BCUT2D eigenvalue weighted by molar-refractivity contribution is 5.92. The van der Waals surface area contributed by atoms with Crippen LogP contribution < -0.4 is 0 Å². The van der Waals surface area contributed by atoms with Gasteiger partial charge in [-0.3, -0.25) is 4.79 Å². The number of hydrogen-bond acceptors (Lipinski definition) is 3. The van der Waals surface area contributed by atoms with Crippen LogP contribution in [0.2, 0.25) is 0 Å². The molecular formula is C18H23NO3. The molecule has 2 aromatic rings. The summed E-state index contributed by atoms with van der Waals surface area (Å²) in [6, 6.07) is 9.73. The number of carbonyl (C=O) groups is 1.